The molecule has 0 unspecified atom stereocenters. The van der Waals surface area contributed by atoms with Gasteiger partial charge < -0.3 is 4.42 Å². The number of aryl methyl sites for hydroxylation is 2. The summed E-state index contributed by atoms with van der Waals surface area (Å²) in [7, 11) is 0. The molecule has 0 radical (unpaired) electrons. The summed E-state index contributed by atoms with van der Waals surface area (Å²) in [6, 6.07) is 17.9. The van der Waals surface area contributed by atoms with Gasteiger partial charge in [-0.05, 0) is 30.5 Å². The maximum absolute atomic E-state index is 6.12. The lowest BCUT2D eigenvalue weighted by Crippen LogP contribution is -1.90. The zero-order valence-corrected chi connectivity index (χ0v) is 12.3. The first-order valence-corrected chi connectivity index (χ1v) is 7.32. The molecule has 0 aliphatic carbocycles. The maximum Gasteiger partial charge on any atom is 0.249 e. The second-order valence-electron chi connectivity index (χ2n) is 4.82. The monoisotopic (exact) mass is 298 g/mol. The zero-order chi connectivity index (χ0) is 14.5. The van der Waals surface area contributed by atoms with Gasteiger partial charge in [0, 0.05) is 6.42 Å². The van der Waals surface area contributed by atoms with Crippen LogP contribution in [0.4, 0.5) is 0 Å². The van der Waals surface area contributed by atoms with Crippen LogP contribution in [0.25, 0.3) is 11.5 Å². The van der Waals surface area contributed by atoms with Gasteiger partial charge in [0.25, 0.3) is 0 Å². The summed E-state index contributed by atoms with van der Waals surface area (Å²) >= 11 is 6.12. The van der Waals surface area contributed by atoms with Crippen LogP contribution in [0.3, 0.4) is 0 Å². The molecule has 0 atom stereocenters. The van der Waals surface area contributed by atoms with Gasteiger partial charge >= 0.3 is 0 Å². The molecule has 21 heavy (non-hydrogen) atoms. The van der Waals surface area contributed by atoms with E-state index in [1.165, 1.54) is 5.56 Å². The fraction of sp³-hybridized carbons (Fsp3) is 0.176. The molecule has 0 N–H and O–H groups in total. The van der Waals surface area contributed by atoms with E-state index in [4.69, 9.17) is 16.0 Å². The fourth-order valence-electron chi connectivity index (χ4n) is 2.19. The Balaban J connectivity index is 1.62. The summed E-state index contributed by atoms with van der Waals surface area (Å²) < 4.78 is 5.68. The molecule has 1 heterocycles. The molecule has 3 nitrogen and oxygen atoms in total. The summed E-state index contributed by atoms with van der Waals surface area (Å²) in [6.45, 7) is 0. The number of halogens is 1. The van der Waals surface area contributed by atoms with Gasteiger partial charge in [-0.1, -0.05) is 54.1 Å². The quantitative estimate of drug-likeness (QED) is 0.693. The van der Waals surface area contributed by atoms with Crippen molar-refractivity contribution in [3.8, 4) is 11.5 Å². The first kappa shape index (κ1) is 13.8. The molecule has 2 aromatic carbocycles. The van der Waals surface area contributed by atoms with Crippen molar-refractivity contribution in [1.82, 2.24) is 10.2 Å². The number of nitrogens with zero attached hydrogens (tertiary/aromatic N) is 2. The smallest absolute Gasteiger partial charge is 0.249 e. The highest BCUT2D eigenvalue weighted by Crippen LogP contribution is 2.26. The number of hydrogen-bond donors (Lipinski definition) is 0. The normalized spacial score (nSPS) is 10.7. The van der Waals surface area contributed by atoms with Crippen LogP contribution in [0.2, 0.25) is 5.02 Å². The van der Waals surface area contributed by atoms with E-state index < -0.39 is 0 Å². The van der Waals surface area contributed by atoms with Crippen molar-refractivity contribution in [2.75, 3.05) is 0 Å². The van der Waals surface area contributed by atoms with Gasteiger partial charge in [-0.2, -0.15) is 0 Å². The fourth-order valence-corrected chi connectivity index (χ4v) is 2.40. The molecule has 4 heteroatoms. The Labute approximate surface area is 128 Å². The van der Waals surface area contributed by atoms with E-state index in [0.717, 1.165) is 24.8 Å². The lowest BCUT2D eigenvalue weighted by molar-refractivity contribution is 0.497. The predicted molar refractivity (Wildman–Crippen MR) is 83.2 cm³/mol. The van der Waals surface area contributed by atoms with Gasteiger partial charge in [0.1, 0.15) is 0 Å². The van der Waals surface area contributed by atoms with Crippen LogP contribution in [-0.2, 0) is 12.8 Å². The topological polar surface area (TPSA) is 38.9 Å². The Bertz CT molecular complexity index is 710. The third-order valence-corrected chi connectivity index (χ3v) is 3.60. The molecular weight excluding hydrogens is 284 g/mol. The van der Waals surface area contributed by atoms with Gasteiger partial charge in [0.15, 0.2) is 0 Å². The van der Waals surface area contributed by atoms with Crippen molar-refractivity contribution in [1.29, 1.82) is 0 Å². The highest BCUT2D eigenvalue weighted by molar-refractivity contribution is 6.33. The molecule has 0 aliphatic heterocycles. The molecule has 0 amide bonds. The maximum atomic E-state index is 6.12. The highest BCUT2D eigenvalue weighted by atomic mass is 35.5. The van der Waals surface area contributed by atoms with Crippen molar-refractivity contribution < 1.29 is 4.42 Å². The summed E-state index contributed by atoms with van der Waals surface area (Å²) in [5.41, 5.74) is 2.10. The van der Waals surface area contributed by atoms with Crippen LogP contribution >= 0.6 is 11.6 Å². The van der Waals surface area contributed by atoms with Crippen molar-refractivity contribution in [2.24, 2.45) is 0 Å². The number of aromatic nitrogens is 2. The SMILES string of the molecule is Clc1ccccc1-c1nnc(CCCc2ccccc2)o1. The van der Waals surface area contributed by atoms with Crippen LogP contribution in [0, 0.1) is 0 Å². The molecule has 0 saturated heterocycles. The summed E-state index contributed by atoms with van der Waals surface area (Å²) in [6.07, 6.45) is 2.76. The third kappa shape index (κ3) is 3.50. The van der Waals surface area contributed by atoms with E-state index in [0.29, 0.717) is 16.8 Å². The Hall–Kier alpha value is -2.13. The van der Waals surface area contributed by atoms with Crippen LogP contribution in [0.1, 0.15) is 17.9 Å². The van der Waals surface area contributed by atoms with Crippen LogP contribution < -0.4 is 0 Å². The summed E-state index contributed by atoms with van der Waals surface area (Å²) in [5.74, 6) is 1.14. The Morgan fingerprint density at radius 3 is 2.43 bits per heavy atom. The van der Waals surface area contributed by atoms with E-state index in [1.54, 1.807) is 0 Å². The molecule has 0 fully saturated rings. The number of hydrogen-bond acceptors (Lipinski definition) is 3. The van der Waals surface area contributed by atoms with Gasteiger partial charge in [-0.25, -0.2) is 0 Å². The van der Waals surface area contributed by atoms with Crippen molar-refractivity contribution in [3.63, 3.8) is 0 Å². The molecule has 0 spiro atoms. The number of benzene rings is 2. The average molecular weight is 299 g/mol. The van der Waals surface area contributed by atoms with E-state index in [-0.39, 0.29) is 0 Å². The summed E-state index contributed by atoms with van der Waals surface area (Å²) in [4.78, 5) is 0. The van der Waals surface area contributed by atoms with E-state index in [1.807, 2.05) is 30.3 Å². The Kier molecular flexibility index (Phi) is 4.31. The van der Waals surface area contributed by atoms with Crippen LogP contribution in [-0.4, -0.2) is 10.2 Å². The lowest BCUT2D eigenvalue weighted by Gasteiger charge is -1.99. The van der Waals surface area contributed by atoms with Gasteiger partial charge in [-0.3, -0.25) is 0 Å². The average Bonchev–Trinajstić information content (AvgIpc) is 2.97. The first-order valence-electron chi connectivity index (χ1n) is 6.94. The minimum atomic E-state index is 0.482. The van der Waals surface area contributed by atoms with Crippen LogP contribution in [0.15, 0.2) is 59.0 Å². The highest BCUT2D eigenvalue weighted by Gasteiger charge is 2.11. The Morgan fingerprint density at radius 1 is 0.857 bits per heavy atom. The lowest BCUT2D eigenvalue weighted by atomic mass is 10.1. The largest absolute Gasteiger partial charge is 0.421 e. The van der Waals surface area contributed by atoms with Crippen molar-refractivity contribution >= 4 is 11.6 Å². The minimum Gasteiger partial charge on any atom is -0.421 e. The van der Waals surface area contributed by atoms with E-state index in [2.05, 4.69) is 34.5 Å². The zero-order valence-electron chi connectivity index (χ0n) is 11.5. The standard InChI is InChI=1S/C17H15ClN2O/c18-15-11-5-4-10-14(15)17-20-19-16(21-17)12-6-9-13-7-2-1-3-8-13/h1-5,7-8,10-11H,6,9,12H2. The molecule has 1 aromatic heterocycles. The van der Waals surface area contributed by atoms with Gasteiger partial charge in [-0.15, -0.1) is 10.2 Å². The molecule has 0 aliphatic rings. The van der Waals surface area contributed by atoms with E-state index in [9.17, 15) is 0 Å². The van der Waals surface area contributed by atoms with Gasteiger partial charge in [0.05, 0.1) is 10.6 Å². The molecule has 3 aromatic rings. The van der Waals surface area contributed by atoms with E-state index >= 15 is 0 Å². The second kappa shape index (κ2) is 6.55. The predicted octanol–water partition coefficient (Wildman–Crippen LogP) is 4.57. The number of rotatable bonds is 5. The molecule has 3 rings (SSSR count). The Morgan fingerprint density at radius 2 is 1.62 bits per heavy atom. The third-order valence-electron chi connectivity index (χ3n) is 3.27. The van der Waals surface area contributed by atoms with Gasteiger partial charge in [0.2, 0.25) is 11.8 Å². The summed E-state index contributed by atoms with van der Waals surface area (Å²) in [5, 5.41) is 8.78. The second-order valence-corrected chi connectivity index (χ2v) is 5.23. The first-order chi connectivity index (χ1) is 10.3. The van der Waals surface area contributed by atoms with Crippen molar-refractivity contribution in [3.05, 3.63) is 71.1 Å². The molecule has 106 valence electrons. The van der Waals surface area contributed by atoms with Crippen LogP contribution in [0.5, 0.6) is 0 Å². The van der Waals surface area contributed by atoms with Crippen molar-refractivity contribution in [2.45, 2.75) is 19.3 Å². The molecule has 0 bridgehead atoms. The molecule has 0 saturated carbocycles. The molecular formula is C17H15ClN2O. The minimum absolute atomic E-state index is 0.482.